The van der Waals surface area contributed by atoms with Crippen LogP contribution >= 0.6 is 0 Å². The zero-order valence-electron chi connectivity index (χ0n) is 15.3. The molecule has 0 spiro atoms. The fourth-order valence-electron chi connectivity index (χ4n) is 3.25. The normalized spacial score (nSPS) is 19.0. The second-order valence-electron chi connectivity index (χ2n) is 7.43. The molecule has 0 aliphatic carbocycles. The largest absolute Gasteiger partial charge is 0.353 e. The van der Waals surface area contributed by atoms with Gasteiger partial charge in [0.15, 0.2) is 0 Å². The van der Waals surface area contributed by atoms with Crippen LogP contribution in [-0.2, 0) is 9.59 Å². The zero-order chi connectivity index (χ0) is 17.7. The van der Waals surface area contributed by atoms with E-state index in [2.05, 4.69) is 19.2 Å². The summed E-state index contributed by atoms with van der Waals surface area (Å²) in [6, 6.07) is 8.00. The van der Waals surface area contributed by atoms with Crippen molar-refractivity contribution in [3.05, 3.63) is 29.8 Å². The number of para-hydroxylation sites is 1. The van der Waals surface area contributed by atoms with Crippen LogP contribution in [-0.4, -0.2) is 24.4 Å². The van der Waals surface area contributed by atoms with Gasteiger partial charge < -0.3 is 10.2 Å². The van der Waals surface area contributed by atoms with Gasteiger partial charge in [-0.25, -0.2) is 0 Å². The molecule has 132 valence electrons. The molecule has 1 aromatic carbocycles. The van der Waals surface area contributed by atoms with Gasteiger partial charge >= 0.3 is 0 Å². The number of aryl methyl sites for hydroxylation is 1. The van der Waals surface area contributed by atoms with Crippen molar-refractivity contribution in [2.75, 3.05) is 11.4 Å². The third-order valence-electron chi connectivity index (χ3n) is 4.71. The van der Waals surface area contributed by atoms with Gasteiger partial charge in [0.1, 0.15) is 0 Å². The molecule has 4 nitrogen and oxygen atoms in total. The van der Waals surface area contributed by atoms with Crippen LogP contribution < -0.4 is 10.2 Å². The monoisotopic (exact) mass is 330 g/mol. The average Bonchev–Trinajstić information content (AvgIpc) is 2.89. The van der Waals surface area contributed by atoms with E-state index in [0.717, 1.165) is 24.1 Å². The number of benzene rings is 1. The lowest BCUT2D eigenvalue weighted by Gasteiger charge is -2.20. The Labute approximate surface area is 145 Å². The third kappa shape index (κ3) is 4.83. The average molecular weight is 330 g/mol. The first-order chi connectivity index (χ1) is 11.4. The molecule has 0 aromatic heterocycles. The van der Waals surface area contributed by atoms with Gasteiger partial charge in [-0.05, 0) is 37.8 Å². The Kier molecular flexibility index (Phi) is 6.41. The number of nitrogens with zero attached hydrogens (tertiary/aromatic N) is 1. The van der Waals surface area contributed by atoms with Crippen LogP contribution in [0.2, 0.25) is 0 Å². The second kappa shape index (κ2) is 8.32. The summed E-state index contributed by atoms with van der Waals surface area (Å²) in [5, 5.41) is 3.08. The van der Waals surface area contributed by atoms with Crippen molar-refractivity contribution in [1.82, 2.24) is 5.32 Å². The summed E-state index contributed by atoms with van der Waals surface area (Å²) < 4.78 is 0. The Bertz CT molecular complexity index is 583. The highest BCUT2D eigenvalue weighted by Crippen LogP contribution is 2.27. The summed E-state index contributed by atoms with van der Waals surface area (Å²) in [5.41, 5.74) is 1.98. The summed E-state index contributed by atoms with van der Waals surface area (Å²) in [5.74, 6) is 0.501. The Morgan fingerprint density at radius 3 is 2.62 bits per heavy atom. The van der Waals surface area contributed by atoms with Crippen molar-refractivity contribution < 1.29 is 9.59 Å². The number of carbonyl (C=O) groups excluding carboxylic acids is 2. The van der Waals surface area contributed by atoms with E-state index >= 15 is 0 Å². The number of rotatable bonds is 7. The number of nitrogens with one attached hydrogen (secondary N) is 1. The predicted octanol–water partition coefficient (Wildman–Crippen LogP) is 3.68. The highest BCUT2D eigenvalue weighted by atomic mass is 16.2. The van der Waals surface area contributed by atoms with E-state index in [1.807, 2.05) is 38.1 Å². The summed E-state index contributed by atoms with van der Waals surface area (Å²) in [4.78, 5) is 26.5. The van der Waals surface area contributed by atoms with Gasteiger partial charge in [-0.2, -0.15) is 0 Å². The summed E-state index contributed by atoms with van der Waals surface area (Å²) in [6.45, 7) is 8.95. The van der Waals surface area contributed by atoms with Crippen LogP contribution in [0.3, 0.4) is 0 Å². The van der Waals surface area contributed by atoms with Crippen LogP contribution in [0.25, 0.3) is 0 Å². The van der Waals surface area contributed by atoms with Gasteiger partial charge in [-0.3, -0.25) is 9.59 Å². The second-order valence-corrected chi connectivity index (χ2v) is 7.43. The van der Waals surface area contributed by atoms with Crippen molar-refractivity contribution in [1.29, 1.82) is 0 Å². The molecule has 0 unspecified atom stereocenters. The lowest BCUT2D eigenvalue weighted by molar-refractivity contribution is -0.126. The SMILES string of the molecule is Cc1ccccc1N1C[C@@H](C(=O)N[C@H](C)CCCC(C)C)CC1=O. The molecule has 1 saturated heterocycles. The van der Waals surface area contributed by atoms with Gasteiger partial charge in [-0.1, -0.05) is 44.9 Å². The Morgan fingerprint density at radius 1 is 1.25 bits per heavy atom. The van der Waals surface area contributed by atoms with E-state index in [-0.39, 0.29) is 23.8 Å². The number of anilines is 1. The quantitative estimate of drug-likeness (QED) is 0.829. The van der Waals surface area contributed by atoms with Crippen molar-refractivity contribution in [3.8, 4) is 0 Å². The number of hydrogen-bond acceptors (Lipinski definition) is 2. The lowest BCUT2D eigenvalue weighted by atomic mass is 10.0. The van der Waals surface area contributed by atoms with Gasteiger partial charge in [-0.15, -0.1) is 0 Å². The highest BCUT2D eigenvalue weighted by molar-refractivity contribution is 6.00. The zero-order valence-corrected chi connectivity index (χ0v) is 15.3. The molecule has 4 heteroatoms. The van der Waals surface area contributed by atoms with Gasteiger partial charge in [0.2, 0.25) is 11.8 Å². The van der Waals surface area contributed by atoms with E-state index in [0.29, 0.717) is 18.9 Å². The predicted molar refractivity (Wildman–Crippen MR) is 97.9 cm³/mol. The first-order valence-electron chi connectivity index (χ1n) is 9.04. The third-order valence-corrected chi connectivity index (χ3v) is 4.71. The van der Waals surface area contributed by atoms with E-state index in [9.17, 15) is 9.59 Å². The highest BCUT2D eigenvalue weighted by Gasteiger charge is 2.35. The van der Waals surface area contributed by atoms with Gasteiger partial charge in [0.05, 0.1) is 5.92 Å². The molecule has 1 aliphatic heterocycles. The minimum absolute atomic E-state index is 0.0106. The standard InChI is InChI=1S/C20H30N2O2/c1-14(2)8-7-10-16(4)21-20(24)17-12-19(23)22(13-17)18-11-6-5-9-15(18)3/h5-6,9,11,14,16-17H,7-8,10,12-13H2,1-4H3,(H,21,24)/t16-,17+/m1/s1. The Balaban J connectivity index is 1.88. The van der Waals surface area contributed by atoms with E-state index in [1.165, 1.54) is 6.42 Å². The van der Waals surface area contributed by atoms with E-state index in [1.54, 1.807) is 4.90 Å². The van der Waals surface area contributed by atoms with Crippen LogP contribution in [0.15, 0.2) is 24.3 Å². The molecular weight excluding hydrogens is 300 g/mol. The maximum absolute atomic E-state index is 12.5. The van der Waals surface area contributed by atoms with Crippen LogP contribution in [0.4, 0.5) is 5.69 Å². The maximum Gasteiger partial charge on any atom is 0.227 e. The first kappa shape index (κ1) is 18.5. The number of amides is 2. The molecule has 0 radical (unpaired) electrons. The molecule has 1 N–H and O–H groups in total. The maximum atomic E-state index is 12.5. The van der Waals surface area contributed by atoms with Crippen molar-refractivity contribution in [3.63, 3.8) is 0 Å². The fraction of sp³-hybridized carbons (Fsp3) is 0.600. The molecule has 1 aromatic rings. The molecule has 2 rings (SSSR count). The Morgan fingerprint density at radius 2 is 1.96 bits per heavy atom. The van der Waals surface area contributed by atoms with Crippen LogP contribution in [0.1, 0.15) is 52.0 Å². The molecule has 2 amide bonds. The first-order valence-corrected chi connectivity index (χ1v) is 9.04. The number of carbonyl (C=O) groups is 2. The minimum atomic E-state index is -0.246. The Hall–Kier alpha value is -1.84. The van der Waals surface area contributed by atoms with Crippen molar-refractivity contribution in [2.24, 2.45) is 11.8 Å². The minimum Gasteiger partial charge on any atom is -0.353 e. The van der Waals surface area contributed by atoms with Crippen LogP contribution in [0, 0.1) is 18.8 Å². The fourth-order valence-corrected chi connectivity index (χ4v) is 3.25. The molecule has 1 heterocycles. The molecule has 0 bridgehead atoms. The molecule has 0 saturated carbocycles. The number of hydrogen-bond donors (Lipinski definition) is 1. The van der Waals surface area contributed by atoms with Crippen molar-refractivity contribution >= 4 is 17.5 Å². The molecule has 24 heavy (non-hydrogen) atoms. The van der Waals surface area contributed by atoms with E-state index < -0.39 is 0 Å². The lowest BCUT2D eigenvalue weighted by Crippen LogP contribution is -2.38. The molecule has 2 atom stereocenters. The smallest absolute Gasteiger partial charge is 0.227 e. The topological polar surface area (TPSA) is 49.4 Å². The molecular formula is C20H30N2O2. The van der Waals surface area contributed by atoms with E-state index in [4.69, 9.17) is 0 Å². The summed E-state index contributed by atoms with van der Waals surface area (Å²) in [7, 11) is 0. The summed E-state index contributed by atoms with van der Waals surface area (Å²) >= 11 is 0. The van der Waals surface area contributed by atoms with Gasteiger partial charge in [0.25, 0.3) is 0 Å². The van der Waals surface area contributed by atoms with Crippen molar-refractivity contribution in [2.45, 2.75) is 59.4 Å². The molecule has 1 fully saturated rings. The van der Waals surface area contributed by atoms with Crippen LogP contribution in [0.5, 0.6) is 0 Å². The molecule has 1 aliphatic rings. The summed E-state index contributed by atoms with van der Waals surface area (Å²) in [6.07, 6.45) is 3.60. The van der Waals surface area contributed by atoms with Gasteiger partial charge in [0, 0.05) is 24.7 Å².